The molecule has 0 radical (unpaired) electrons. The zero-order valence-electron chi connectivity index (χ0n) is 31.6. The molecule has 0 unspecified atom stereocenters. The van der Waals surface area contributed by atoms with Crippen LogP contribution >= 0.6 is 0 Å². The number of nitrogens with zero attached hydrogens (tertiary/aromatic N) is 2. The number of hydrogen-bond acceptors (Lipinski definition) is 0. The van der Waals surface area contributed by atoms with Gasteiger partial charge in [0, 0.05) is 32.9 Å². The van der Waals surface area contributed by atoms with Crippen LogP contribution in [0.3, 0.4) is 0 Å². The number of para-hydroxylation sites is 2. The Labute approximate surface area is 336 Å². The van der Waals surface area contributed by atoms with Crippen LogP contribution in [0.1, 0.15) is 11.1 Å². The van der Waals surface area contributed by atoms with Crippen LogP contribution in [0.25, 0.3) is 88.4 Å². The normalized spacial score (nSPS) is 13.9. The van der Waals surface area contributed by atoms with Gasteiger partial charge in [-0.2, -0.15) is 0 Å². The third kappa shape index (κ3) is 3.69. The predicted molar refractivity (Wildman–Crippen MR) is 245 cm³/mol. The second-order valence-corrected chi connectivity index (χ2v) is 20.0. The van der Waals surface area contributed by atoms with Crippen LogP contribution in [0.2, 0.25) is 0 Å². The molecule has 2 aromatic heterocycles. The van der Waals surface area contributed by atoms with Gasteiger partial charge in [0.1, 0.15) is 0 Å². The summed E-state index contributed by atoms with van der Waals surface area (Å²) in [6.07, 6.45) is 0.997. The molecule has 0 amide bonds. The SMILES string of the molecule is c1ccc2c(c1)Cc1ccc(-n3c4ccccc4c4c5c6ccccc6n(-c6ccc7c(c6)[Si]6(c8ccccc8-c8ccccc86)c6ccccc6-7)c5ccc43)cc1-2. The molecule has 0 bridgehead atoms. The fourth-order valence-electron chi connectivity index (χ4n) is 11.5. The summed E-state index contributed by atoms with van der Waals surface area (Å²) >= 11 is 0. The van der Waals surface area contributed by atoms with Gasteiger partial charge < -0.3 is 9.13 Å². The molecular formula is C55H34N2Si. The fraction of sp³-hybridized carbons (Fsp3) is 0.0182. The first-order valence-electron chi connectivity index (χ1n) is 20.4. The van der Waals surface area contributed by atoms with Crippen LogP contribution in [0.15, 0.2) is 194 Å². The Hall–Kier alpha value is -7.20. The molecule has 0 fully saturated rings. The summed E-state index contributed by atoms with van der Waals surface area (Å²) in [7, 11) is -2.59. The van der Waals surface area contributed by atoms with Crippen LogP contribution < -0.4 is 20.7 Å². The van der Waals surface area contributed by atoms with E-state index < -0.39 is 8.07 Å². The molecule has 0 saturated carbocycles. The van der Waals surface area contributed by atoms with E-state index in [0.717, 1.165) is 6.42 Å². The van der Waals surface area contributed by atoms with Crippen molar-refractivity contribution in [2.45, 2.75) is 6.42 Å². The van der Waals surface area contributed by atoms with Gasteiger partial charge in [0.15, 0.2) is 8.07 Å². The summed E-state index contributed by atoms with van der Waals surface area (Å²) < 4.78 is 5.04. The fourth-order valence-corrected chi connectivity index (χ4v) is 17.2. The lowest BCUT2D eigenvalue weighted by molar-refractivity contribution is 1.17. The van der Waals surface area contributed by atoms with Crippen LogP contribution in [-0.4, -0.2) is 17.2 Å². The molecule has 58 heavy (non-hydrogen) atoms. The second kappa shape index (κ2) is 11.0. The molecule has 2 nitrogen and oxygen atoms in total. The van der Waals surface area contributed by atoms with E-state index in [1.54, 1.807) is 0 Å². The summed E-state index contributed by atoms with van der Waals surface area (Å²) in [5.41, 5.74) is 18.4. The molecule has 9 aromatic carbocycles. The topological polar surface area (TPSA) is 9.86 Å². The molecule has 3 heteroatoms. The lowest BCUT2D eigenvalue weighted by Gasteiger charge is -2.28. The van der Waals surface area contributed by atoms with E-state index in [2.05, 4.69) is 203 Å². The van der Waals surface area contributed by atoms with Gasteiger partial charge in [0.25, 0.3) is 0 Å². The van der Waals surface area contributed by atoms with Crippen LogP contribution in [0, 0.1) is 0 Å². The molecule has 268 valence electrons. The monoisotopic (exact) mass is 750 g/mol. The number of hydrogen-bond donors (Lipinski definition) is 0. The maximum Gasteiger partial charge on any atom is 0.182 e. The molecule has 0 atom stereocenters. The first kappa shape index (κ1) is 30.9. The van der Waals surface area contributed by atoms with Crippen LogP contribution in [-0.2, 0) is 6.42 Å². The highest BCUT2D eigenvalue weighted by molar-refractivity contribution is 7.24. The zero-order chi connectivity index (χ0) is 37.7. The van der Waals surface area contributed by atoms with Gasteiger partial charge in [-0.1, -0.05) is 146 Å². The van der Waals surface area contributed by atoms with E-state index in [1.807, 2.05) is 0 Å². The van der Waals surface area contributed by atoms with Crippen molar-refractivity contribution in [3.63, 3.8) is 0 Å². The van der Waals surface area contributed by atoms with Crippen molar-refractivity contribution in [2.75, 3.05) is 0 Å². The molecular weight excluding hydrogens is 717 g/mol. The Morgan fingerprint density at radius 3 is 1.36 bits per heavy atom. The van der Waals surface area contributed by atoms with Crippen molar-refractivity contribution in [2.24, 2.45) is 0 Å². The summed E-state index contributed by atoms with van der Waals surface area (Å²) in [6.45, 7) is 0. The Morgan fingerprint density at radius 1 is 0.310 bits per heavy atom. The van der Waals surface area contributed by atoms with Gasteiger partial charge in [-0.15, -0.1) is 0 Å². The van der Waals surface area contributed by atoms with Crippen LogP contribution in [0.4, 0.5) is 0 Å². The highest BCUT2D eigenvalue weighted by atomic mass is 28.3. The van der Waals surface area contributed by atoms with E-state index in [0.29, 0.717) is 0 Å². The van der Waals surface area contributed by atoms with Gasteiger partial charge in [-0.25, -0.2) is 0 Å². The second-order valence-electron chi connectivity index (χ2n) is 16.4. The number of aromatic nitrogens is 2. The van der Waals surface area contributed by atoms with E-state index >= 15 is 0 Å². The lowest BCUT2D eigenvalue weighted by Crippen LogP contribution is -2.70. The quantitative estimate of drug-likeness (QED) is 0.156. The number of benzene rings is 9. The molecule has 2 aliphatic heterocycles. The third-order valence-corrected chi connectivity index (χ3v) is 18.7. The maximum absolute atomic E-state index is 2.59. The minimum Gasteiger partial charge on any atom is -0.309 e. The highest BCUT2D eigenvalue weighted by Gasteiger charge is 2.53. The zero-order valence-corrected chi connectivity index (χ0v) is 32.6. The average molecular weight is 751 g/mol. The summed E-state index contributed by atoms with van der Waals surface area (Å²) in [4.78, 5) is 0. The first-order chi connectivity index (χ1) is 28.8. The molecule has 1 aliphatic carbocycles. The van der Waals surface area contributed by atoms with Crippen molar-refractivity contribution < 1.29 is 0 Å². The average Bonchev–Trinajstić information content (AvgIpc) is 4.06. The van der Waals surface area contributed by atoms with Crippen molar-refractivity contribution in [1.29, 1.82) is 0 Å². The van der Waals surface area contributed by atoms with E-state index in [9.17, 15) is 0 Å². The van der Waals surface area contributed by atoms with Gasteiger partial charge in [0.05, 0.1) is 22.1 Å². The van der Waals surface area contributed by atoms with Gasteiger partial charge in [-0.05, 0) is 120 Å². The Balaban J connectivity index is 1.05. The summed E-state index contributed by atoms with van der Waals surface area (Å²) in [5.74, 6) is 0. The maximum atomic E-state index is 2.57. The summed E-state index contributed by atoms with van der Waals surface area (Å²) in [6, 6.07) is 73.8. The van der Waals surface area contributed by atoms with Crippen molar-refractivity contribution in [3.05, 3.63) is 205 Å². The van der Waals surface area contributed by atoms with E-state index in [4.69, 9.17) is 0 Å². The van der Waals surface area contributed by atoms with Gasteiger partial charge in [-0.3, -0.25) is 0 Å². The minimum atomic E-state index is -2.59. The van der Waals surface area contributed by atoms with E-state index in [1.165, 1.54) is 120 Å². The highest BCUT2D eigenvalue weighted by Crippen LogP contribution is 2.45. The number of rotatable bonds is 2. The van der Waals surface area contributed by atoms with E-state index in [-0.39, 0.29) is 0 Å². The number of fused-ring (bicyclic) bond motifs is 20. The van der Waals surface area contributed by atoms with Crippen molar-refractivity contribution in [3.8, 4) is 44.8 Å². The largest absolute Gasteiger partial charge is 0.309 e. The molecule has 11 aromatic rings. The van der Waals surface area contributed by atoms with Gasteiger partial charge in [0.2, 0.25) is 0 Å². The molecule has 3 aliphatic rings. The third-order valence-electron chi connectivity index (χ3n) is 13.8. The minimum absolute atomic E-state index is 0.997. The molecule has 0 saturated heterocycles. The molecule has 14 rings (SSSR count). The molecule has 1 spiro atoms. The van der Waals surface area contributed by atoms with Gasteiger partial charge >= 0.3 is 0 Å². The lowest BCUT2D eigenvalue weighted by atomic mass is 10.0. The van der Waals surface area contributed by atoms with Crippen molar-refractivity contribution >= 4 is 72.4 Å². The van der Waals surface area contributed by atoms with Crippen LogP contribution in [0.5, 0.6) is 0 Å². The standard InChI is InChI=1S/C55H34N2Si/c1-2-14-38-34(13-1)31-35-25-26-36(32-45(35)38)56-46-20-8-3-18-43(46)54-48(56)29-30-49-55(54)44-19-4-9-21-47(44)57(49)37-27-28-42-41-17-7-12-24-52(41)58(53(42)33-37)50-22-10-5-15-39(50)40-16-6-11-23-51(40)58/h1-30,32-33H,31H2. The van der Waals surface area contributed by atoms with Crippen molar-refractivity contribution in [1.82, 2.24) is 9.13 Å². The Kier molecular flexibility index (Phi) is 5.87. The Bertz CT molecular complexity index is 3550. The molecule has 4 heterocycles. The summed E-state index contributed by atoms with van der Waals surface area (Å²) in [5, 5.41) is 11.2. The molecule has 0 N–H and O–H groups in total. The predicted octanol–water partition coefficient (Wildman–Crippen LogP) is 10.8. The Morgan fingerprint density at radius 2 is 0.759 bits per heavy atom. The first-order valence-corrected chi connectivity index (χ1v) is 22.4. The smallest absolute Gasteiger partial charge is 0.182 e.